The van der Waals surface area contributed by atoms with E-state index in [1.165, 1.54) is 5.56 Å². The first-order chi connectivity index (χ1) is 11.7. The number of hydrogen-bond donors (Lipinski definition) is 0. The fourth-order valence-corrected chi connectivity index (χ4v) is 2.83. The monoisotopic (exact) mass is 329 g/mol. The minimum atomic E-state index is 0.365. The van der Waals surface area contributed by atoms with Gasteiger partial charge in [-0.05, 0) is 12.5 Å². The molecule has 1 aliphatic heterocycles. The van der Waals surface area contributed by atoms with Crippen molar-refractivity contribution >= 4 is 0 Å². The summed E-state index contributed by atoms with van der Waals surface area (Å²) in [7, 11) is 3.16. The third-order valence-electron chi connectivity index (χ3n) is 4.34. The lowest BCUT2D eigenvalue weighted by Gasteiger charge is -2.32. The quantitative estimate of drug-likeness (QED) is 0.840. The molecule has 1 fully saturated rings. The van der Waals surface area contributed by atoms with Gasteiger partial charge in [-0.25, -0.2) is 0 Å². The van der Waals surface area contributed by atoms with Crippen LogP contribution in [-0.4, -0.2) is 55.4 Å². The molecule has 0 N–H and O–H groups in total. The van der Waals surface area contributed by atoms with Crippen molar-refractivity contribution in [2.24, 2.45) is 0 Å². The van der Waals surface area contributed by atoms with Crippen molar-refractivity contribution in [1.82, 2.24) is 14.9 Å². The van der Waals surface area contributed by atoms with Crippen LogP contribution in [0.15, 0.2) is 30.3 Å². The first-order valence-electron chi connectivity index (χ1n) is 8.10. The van der Waals surface area contributed by atoms with Gasteiger partial charge in [0.2, 0.25) is 11.8 Å². The van der Waals surface area contributed by atoms with E-state index in [1.54, 1.807) is 20.3 Å². The number of methoxy groups -OCH3 is 2. The Morgan fingerprint density at radius 3 is 2.12 bits per heavy atom. The summed E-state index contributed by atoms with van der Waals surface area (Å²) < 4.78 is 15.8. The molecule has 24 heavy (non-hydrogen) atoms. The zero-order valence-electron chi connectivity index (χ0n) is 14.4. The number of rotatable bonds is 5. The second-order valence-corrected chi connectivity index (χ2v) is 5.72. The zero-order chi connectivity index (χ0) is 16.9. The maximum Gasteiger partial charge on any atom is 0.220 e. The summed E-state index contributed by atoms with van der Waals surface area (Å²) in [6.45, 7) is 5.78. The number of aromatic nitrogens is 2. The zero-order valence-corrected chi connectivity index (χ0v) is 14.4. The topological polar surface area (TPSA) is 56.7 Å². The van der Waals surface area contributed by atoms with Crippen molar-refractivity contribution < 1.29 is 14.2 Å². The second-order valence-electron chi connectivity index (χ2n) is 5.72. The summed E-state index contributed by atoms with van der Waals surface area (Å²) in [6, 6.07) is 10.4. The fourth-order valence-electron chi connectivity index (χ4n) is 2.83. The predicted molar refractivity (Wildman–Crippen MR) is 91.4 cm³/mol. The van der Waals surface area contributed by atoms with Gasteiger partial charge in [-0.2, -0.15) is 9.97 Å². The van der Waals surface area contributed by atoms with Crippen molar-refractivity contribution in [2.45, 2.75) is 13.0 Å². The van der Waals surface area contributed by atoms with Crippen molar-refractivity contribution in [2.75, 3.05) is 40.5 Å². The van der Waals surface area contributed by atoms with E-state index in [2.05, 4.69) is 33.9 Å². The van der Waals surface area contributed by atoms with E-state index in [0.717, 1.165) is 31.9 Å². The molecule has 3 rings (SSSR count). The van der Waals surface area contributed by atoms with Crippen molar-refractivity contribution in [1.29, 1.82) is 0 Å². The van der Waals surface area contributed by atoms with E-state index in [9.17, 15) is 0 Å². The Morgan fingerprint density at radius 2 is 1.58 bits per heavy atom. The molecule has 1 aromatic heterocycles. The molecule has 0 amide bonds. The van der Waals surface area contributed by atoms with Crippen LogP contribution in [0, 0.1) is 0 Å². The average Bonchev–Trinajstić information content (AvgIpc) is 2.67. The lowest BCUT2D eigenvalue weighted by Crippen LogP contribution is -2.37. The van der Waals surface area contributed by atoms with E-state index >= 15 is 0 Å². The van der Waals surface area contributed by atoms with E-state index in [-0.39, 0.29) is 0 Å². The first kappa shape index (κ1) is 16.7. The molecular formula is C18H23N3O3. The lowest BCUT2D eigenvalue weighted by atomic mass is 10.0. The van der Waals surface area contributed by atoms with E-state index in [0.29, 0.717) is 23.6 Å². The van der Waals surface area contributed by atoms with Crippen LogP contribution in [-0.2, 0) is 4.74 Å². The number of benzene rings is 1. The van der Waals surface area contributed by atoms with Gasteiger partial charge in [-0.1, -0.05) is 24.3 Å². The molecule has 1 aromatic carbocycles. The Bertz CT molecular complexity index is 647. The molecular weight excluding hydrogens is 306 g/mol. The van der Waals surface area contributed by atoms with Gasteiger partial charge in [0, 0.05) is 24.7 Å². The van der Waals surface area contributed by atoms with Crippen LogP contribution in [0.25, 0.3) is 11.4 Å². The molecule has 1 atom stereocenters. The van der Waals surface area contributed by atoms with Crippen molar-refractivity contribution in [3.05, 3.63) is 35.9 Å². The van der Waals surface area contributed by atoms with Crippen molar-refractivity contribution in [3.63, 3.8) is 0 Å². The molecule has 1 saturated heterocycles. The third kappa shape index (κ3) is 3.66. The summed E-state index contributed by atoms with van der Waals surface area (Å²) in [4.78, 5) is 11.2. The molecule has 0 bridgehead atoms. The number of morpholine rings is 1. The largest absolute Gasteiger partial charge is 0.481 e. The highest BCUT2D eigenvalue weighted by Crippen LogP contribution is 2.26. The summed E-state index contributed by atoms with van der Waals surface area (Å²) >= 11 is 0. The first-order valence-corrected chi connectivity index (χ1v) is 8.10. The predicted octanol–water partition coefficient (Wildman–Crippen LogP) is 2.55. The SMILES string of the molecule is COc1cc(OC)nc(-c2ccc(C(C)N3CCOCC3)cc2)n1. The van der Waals surface area contributed by atoms with Crippen LogP contribution in [0.4, 0.5) is 0 Å². The Labute approximate surface area is 142 Å². The second kappa shape index (κ2) is 7.59. The molecule has 2 heterocycles. The van der Waals surface area contributed by atoms with E-state index < -0.39 is 0 Å². The molecule has 0 aliphatic carbocycles. The molecule has 1 aliphatic rings. The molecule has 0 radical (unpaired) electrons. The lowest BCUT2D eigenvalue weighted by molar-refractivity contribution is 0.0198. The molecule has 6 nitrogen and oxygen atoms in total. The Morgan fingerprint density at radius 1 is 1.00 bits per heavy atom. The van der Waals surface area contributed by atoms with Gasteiger partial charge < -0.3 is 14.2 Å². The van der Waals surface area contributed by atoms with Gasteiger partial charge in [-0.15, -0.1) is 0 Å². The molecule has 1 unspecified atom stereocenters. The maximum atomic E-state index is 5.42. The molecule has 128 valence electrons. The summed E-state index contributed by atoms with van der Waals surface area (Å²) in [6.07, 6.45) is 0. The van der Waals surface area contributed by atoms with Crippen LogP contribution in [0.5, 0.6) is 11.8 Å². The van der Waals surface area contributed by atoms with Crippen LogP contribution in [0.1, 0.15) is 18.5 Å². The Kier molecular flexibility index (Phi) is 5.27. The third-order valence-corrected chi connectivity index (χ3v) is 4.34. The summed E-state index contributed by atoms with van der Waals surface area (Å²) in [5.41, 5.74) is 2.21. The summed E-state index contributed by atoms with van der Waals surface area (Å²) in [5, 5.41) is 0. The average molecular weight is 329 g/mol. The molecule has 0 spiro atoms. The van der Waals surface area contributed by atoms with Crippen molar-refractivity contribution in [3.8, 4) is 23.1 Å². The van der Waals surface area contributed by atoms with Gasteiger partial charge in [-0.3, -0.25) is 4.90 Å². The van der Waals surface area contributed by atoms with Gasteiger partial charge in [0.1, 0.15) is 0 Å². The van der Waals surface area contributed by atoms with Gasteiger partial charge >= 0.3 is 0 Å². The highest BCUT2D eigenvalue weighted by atomic mass is 16.5. The normalized spacial score (nSPS) is 16.6. The molecule has 6 heteroatoms. The Hall–Kier alpha value is -2.18. The van der Waals surface area contributed by atoms with Gasteiger partial charge in [0.15, 0.2) is 5.82 Å². The summed E-state index contributed by atoms with van der Waals surface area (Å²) in [5.74, 6) is 1.57. The van der Waals surface area contributed by atoms with Crippen LogP contribution >= 0.6 is 0 Å². The molecule has 0 saturated carbocycles. The number of hydrogen-bond acceptors (Lipinski definition) is 6. The van der Waals surface area contributed by atoms with Gasteiger partial charge in [0.25, 0.3) is 0 Å². The number of nitrogens with zero attached hydrogens (tertiary/aromatic N) is 3. The highest BCUT2D eigenvalue weighted by Gasteiger charge is 2.18. The number of ether oxygens (including phenoxy) is 3. The fraction of sp³-hybridized carbons (Fsp3) is 0.444. The smallest absolute Gasteiger partial charge is 0.220 e. The minimum Gasteiger partial charge on any atom is -0.481 e. The molecule has 2 aromatic rings. The van der Waals surface area contributed by atoms with Gasteiger partial charge in [0.05, 0.1) is 33.5 Å². The van der Waals surface area contributed by atoms with Crippen LogP contribution < -0.4 is 9.47 Å². The maximum absolute atomic E-state index is 5.42. The standard InChI is InChI=1S/C18H23N3O3/c1-13(21-8-10-24-11-9-21)14-4-6-15(7-5-14)18-19-16(22-2)12-17(20-18)23-3/h4-7,12-13H,8-11H2,1-3H3. The van der Waals surface area contributed by atoms with E-state index in [1.807, 2.05) is 12.1 Å². The highest BCUT2D eigenvalue weighted by molar-refractivity contribution is 5.56. The van der Waals surface area contributed by atoms with Crippen LogP contribution in [0.2, 0.25) is 0 Å². The minimum absolute atomic E-state index is 0.365. The van der Waals surface area contributed by atoms with E-state index in [4.69, 9.17) is 14.2 Å². The van der Waals surface area contributed by atoms with Crippen LogP contribution in [0.3, 0.4) is 0 Å². The Balaban J connectivity index is 1.81.